The van der Waals surface area contributed by atoms with Crippen molar-refractivity contribution in [1.82, 2.24) is 4.98 Å². The highest BCUT2D eigenvalue weighted by atomic mass is 19.3. The van der Waals surface area contributed by atoms with Crippen LogP contribution < -0.4 is 10.2 Å². The van der Waals surface area contributed by atoms with Gasteiger partial charge in [0.15, 0.2) is 5.43 Å². The van der Waals surface area contributed by atoms with Crippen LogP contribution in [0.15, 0.2) is 35.3 Å². The van der Waals surface area contributed by atoms with Crippen LogP contribution in [0.5, 0.6) is 5.75 Å². The second-order valence-electron chi connectivity index (χ2n) is 5.00. The molecule has 1 aromatic carbocycles. The number of carbonyl (C=O) groups is 1. The van der Waals surface area contributed by atoms with Crippen LogP contribution in [0.25, 0.3) is 0 Å². The highest BCUT2D eigenvalue weighted by Crippen LogP contribution is 2.30. The number of aromatic nitrogens is 1. The molecule has 0 bridgehead atoms. The van der Waals surface area contributed by atoms with Crippen LogP contribution in [0.3, 0.4) is 0 Å². The third-order valence-electron chi connectivity index (χ3n) is 3.19. The third-order valence-corrected chi connectivity index (χ3v) is 3.19. The van der Waals surface area contributed by atoms with Crippen molar-refractivity contribution in [3.8, 4) is 5.75 Å². The summed E-state index contributed by atoms with van der Waals surface area (Å²) in [5.74, 6) is -2.15. The van der Waals surface area contributed by atoms with E-state index in [4.69, 9.17) is 4.74 Å². The van der Waals surface area contributed by atoms with E-state index in [-0.39, 0.29) is 11.1 Å². The number of halogens is 3. The van der Waals surface area contributed by atoms with Crippen molar-refractivity contribution in [2.24, 2.45) is 0 Å². The summed E-state index contributed by atoms with van der Waals surface area (Å²) in [4.78, 5) is 26.5. The first-order valence-corrected chi connectivity index (χ1v) is 6.92. The van der Waals surface area contributed by atoms with Crippen LogP contribution >= 0.6 is 0 Å². The van der Waals surface area contributed by atoms with E-state index in [0.29, 0.717) is 5.69 Å². The zero-order valence-corrected chi connectivity index (χ0v) is 12.8. The van der Waals surface area contributed by atoms with E-state index in [1.807, 2.05) is 0 Å². The van der Waals surface area contributed by atoms with Crippen LogP contribution in [0.4, 0.5) is 13.2 Å². The number of carbonyl (C=O) groups excluding carboxylic acids is 1. The molecule has 0 amide bonds. The molecule has 0 aliphatic heterocycles. The highest BCUT2D eigenvalue weighted by Gasteiger charge is 2.21. The molecule has 0 unspecified atom stereocenters. The molecule has 0 aliphatic rings. The predicted molar refractivity (Wildman–Crippen MR) is 78.7 cm³/mol. The van der Waals surface area contributed by atoms with Crippen LogP contribution in [0.2, 0.25) is 0 Å². The molecule has 5 nitrogen and oxygen atoms in total. The topological polar surface area (TPSA) is 68.4 Å². The van der Waals surface area contributed by atoms with Crippen LogP contribution in [0.1, 0.15) is 34.6 Å². The maximum atomic E-state index is 13.2. The van der Waals surface area contributed by atoms with Crippen molar-refractivity contribution in [3.63, 3.8) is 0 Å². The Morgan fingerprint density at radius 2 is 1.96 bits per heavy atom. The summed E-state index contributed by atoms with van der Waals surface area (Å²) in [6.07, 6.45) is 0.168. The molecule has 0 fully saturated rings. The lowest BCUT2D eigenvalue weighted by atomic mass is 10.1. The van der Waals surface area contributed by atoms with E-state index in [0.717, 1.165) is 12.1 Å². The quantitative estimate of drug-likeness (QED) is 0.847. The first-order chi connectivity index (χ1) is 11.3. The minimum absolute atomic E-state index is 0.0496. The molecule has 1 atom stereocenters. The Morgan fingerprint density at radius 1 is 1.25 bits per heavy atom. The second-order valence-corrected chi connectivity index (χ2v) is 5.00. The van der Waals surface area contributed by atoms with Gasteiger partial charge in [-0.25, -0.2) is 9.18 Å². The molecule has 2 rings (SSSR count). The van der Waals surface area contributed by atoms with Gasteiger partial charge in [0.25, 0.3) is 0 Å². The van der Waals surface area contributed by atoms with Crippen LogP contribution in [-0.4, -0.2) is 17.6 Å². The number of rotatable bonds is 5. The summed E-state index contributed by atoms with van der Waals surface area (Å²) in [6.45, 7) is -0.120. The lowest BCUT2D eigenvalue weighted by Crippen LogP contribution is -2.19. The lowest BCUT2D eigenvalue weighted by molar-refractivity contribution is -0.0518. The van der Waals surface area contributed by atoms with Gasteiger partial charge < -0.3 is 14.5 Å². The molecular formula is C16H14F3NO4. The molecule has 2 aromatic rings. The minimum Gasteiger partial charge on any atom is -0.454 e. The standard InChI is InChI=1S/C16H14F3NO4/c1-8-5-13(21)12(7-20-8)15(22)23-9(2)11-4-3-10(17)6-14(11)24-16(18)19/h3-7,9,16H,1-2H3,(H,20,21)/t9-/m0/s1. The average Bonchev–Trinajstić information content (AvgIpc) is 2.46. The third kappa shape index (κ3) is 4.15. The number of pyridine rings is 1. The summed E-state index contributed by atoms with van der Waals surface area (Å²) in [5.41, 5.74) is -0.151. The zero-order valence-electron chi connectivity index (χ0n) is 12.8. The van der Waals surface area contributed by atoms with Crippen molar-refractivity contribution in [3.05, 3.63) is 63.3 Å². The average molecular weight is 341 g/mol. The smallest absolute Gasteiger partial charge is 0.387 e. The van der Waals surface area contributed by atoms with E-state index in [9.17, 15) is 22.8 Å². The number of ether oxygens (including phenoxy) is 2. The van der Waals surface area contributed by atoms with E-state index in [2.05, 4.69) is 9.72 Å². The van der Waals surface area contributed by atoms with Crippen molar-refractivity contribution < 1.29 is 27.4 Å². The van der Waals surface area contributed by atoms with Crippen LogP contribution in [0, 0.1) is 12.7 Å². The summed E-state index contributed by atoms with van der Waals surface area (Å²) in [5, 5.41) is 0. The van der Waals surface area contributed by atoms with Gasteiger partial charge in [0.2, 0.25) is 0 Å². The predicted octanol–water partition coefficient (Wildman–Crippen LogP) is 3.34. The summed E-state index contributed by atoms with van der Waals surface area (Å²) in [7, 11) is 0. The van der Waals surface area contributed by atoms with Crippen molar-refractivity contribution in [2.45, 2.75) is 26.6 Å². The summed E-state index contributed by atoms with van der Waals surface area (Å²) >= 11 is 0. The highest BCUT2D eigenvalue weighted by molar-refractivity contribution is 5.89. The van der Waals surface area contributed by atoms with Gasteiger partial charge in [0.05, 0.1) is 0 Å². The minimum atomic E-state index is -3.16. The molecule has 128 valence electrons. The van der Waals surface area contributed by atoms with Gasteiger partial charge in [0.1, 0.15) is 23.2 Å². The largest absolute Gasteiger partial charge is 0.454 e. The van der Waals surface area contributed by atoms with Gasteiger partial charge in [-0.15, -0.1) is 0 Å². The molecule has 1 heterocycles. The zero-order chi connectivity index (χ0) is 17.9. The van der Waals surface area contributed by atoms with E-state index in [1.54, 1.807) is 6.92 Å². The first kappa shape index (κ1) is 17.6. The Bertz CT molecular complexity index is 804. The molecule has 0 saturated heterocycles. The van der Waals surface area contributed by atoms with Gasteiger partial charge in [-0.3, -0.25) is 4.79 Å². The van der Waals surface area contributed by atoms with Crippen molar-refractivity contribution in [1.29, 1.82) is 0 Å². The maximum Gasteiger partial charge on any atom is 0.387 e. The number of hydrogen-bond acceptors (Lipinski definition) is 4. The fraction of sp³-hybridized carbons (Fsp3) is 0.250. The Kier molecular flexibility index (Phi) is 5.28. The molecular weight excluding hydrogens is 327 g/mol. The summed E-state index contributed by atoms with van der Waals surface area (Å²) in [6, 6.07) is 4.19. The van der Waals surface area contributed by atoms with Crippen molar-refractivity contribution >= 4 is 5.97 Å². The number of hydrogen-bond donors (Lipinski definition) is 1. The van der Waals surface area contributed by atoms with Gasteiger partial charge in [-0.1, -0.05) is 0 Å². The number of H-pyrrole nitrogens is 1. The molecule has 0 radical (unpaired) electrons. The molecule has 8 heteroatoms. The molecule has 24 heavy (non-hydrogen) atoms. The van der Waals surface area contributed by atoms with Gasteiger partial charge in [-0.2, -0.15) is 8.78 Å². The second kappa shape index (κ2) is 7.20. The Hall–Kier alpha value is -2.77. The number of nitrogens with one attached hydrogen (secondary N) is 1. The first-order valence-electron chi connectivity index (χ1n) is 6.92. The summed E-state index contributed by atoms with van der Waals surface area (Å²) < 4.78 is 47.4. The van der Waals surface area contributed by atoms with Gasteiger partial charge in [-0.05, 0) is 26.0 Å². The SMILES string of the molecule is Cc1cc(=O)c(C(=O)O[C@@H](C)c2ccc(F)cc2OC(F)F)c[nH]1. The van der Waals surface area contributed by atoms with E-state index < -0.39 is 35.7 Å². The number of aromatic amines is 1. The Balaban J connectivity index is 2.24. The lowest BCUT2D eigenvalue weighted by Gasteiger charge is -2.17. The number of benzene rings is 1. The fourth-order valence-corrected chi connectivity index (χ4v) is 2.06. The van der Waals surface area contributed by atoms with Crippen LogP contribution in [-0.2, 0) is 4.74 Å². The van der Waals surface area contributed by atoms with E-state index >= 15 is 0 Å². The Labute approximate surface area is 135 Å². The number of aryl methyl sites for hydroxylation is 1. The maximum absolute atomic E-state index is 13.2. The molecule has 1 N–H and O–H groups in total. The fourth-order valence-electron chi connectivity index (χ4n) is 2.06. The van der Waals surface area contributed by atoms with Crippen molar-refractivity contribution in [2.75, 3.05) is 0 Å². The molecule has 0 saturated carbocycles. The molecule has 0 aliphatic carbocycles. The molecule has 0 spiro atoms. The normalized spacial score (nSPS) is 12.1. The van der Waals surface area contributed by atoms with Gasteiger partial charge >= 0.3 is 12.6 Å². The van der Waals surface area contributed by atoms with E-state index in [1.165, 1.54) is 25.3 Å². The monoisotopic (exact) mass is 341 g/mol. The molecule has 1 aromatic heterocycles. The van der Waals surface area contributed by atoms with Gasteiger partial charge in [0, 0.05) is 29.6 Å². The number of esters is 1. The number of alkyl halides is 2. The Morgan fingerprint density at radius 3 is 2.58 bits per heavy atom.